The fraction of sp³-hybridized carbons (Fsp3) is 0.238. The lowest BCUT2D eigenvalue weighted by atomic mass is 10.1. The molecule has 28 heavy (non-hydrogen) atoms. The molecule has 3 aromatic rings. The first kappa shape index (κ1) is 19.8. The highest BCUT2D eigenvalue weighted by Gasteiger charge is 2.08. The Morgan fingerprint density at radius 3 is 2.50 bits per heavy atom. The molecule has 0 bridgehead atoms. The number of ether oxygens (including phenoxy) is 2. The third kappa shape index (κ3) is 4.64. The predicted octanol–water partition coefficient (Wildman–Crippen LogP) is 5.12. The van der Waals surface area contributed by atoms with Crippen molar-refractivity contribution in [3.05, 3.63) is 64.3 Å². The van der Waals surface area contributed by atoms with Crippen LogP contribution < -0.4 is 20.1 Å². The van der Waals surface area contributed by atoms with Crippen LogP contribution in [0.15, 0.2) is 42.6 Å². The van der Waals surface area contributed by atoms with Gasteiger partial charge in [-0.05, 0) is 54.8 Å². The van der Waals surface area contributed by atoms with Crippen molar-refractivity contribution in [3.63, 3.8) is 0 Å². The van der Waals surface area contributed by atoms with Gasteiger partial charge in [0.1, 0.15) is 5.82 Å². The molecule has 0 fully saturated rings. The highest BCUT2D eigenvalue weighted by molar-refractivity contribution is 6.33. The zero-order chi connectivity index (χ0) is 20.1. The average Bonchev–Trinajstić information content (AvgIpc) is 2.69. The van der Waals surface area contributed by atoms with Crippen LogP contribution >= 0.6 is 11.6 Å². The highest BCUT2D eigenvalue weighted by Crippen LogP contribution is 2.30. The standard InChI is InChI=1S/C21H23ClN4O2/c1-13-9-14(2)20(16(22)10-13)25-19-7-8-23-21(26-19)24-12-15-5-6-17(27-3)18(11-15)28-4/h5-11H,12H2,1-4H3,(H2,23,24,25,26). The van der Waals surface area contributed by atoms with E-state index in [1.54, 1.807) is 26.5 Å². The molecule has 6 nitrogen and oxygen atoms in total. The molecule has 0 spiro atoms. The lowest BCUT2D eigenvalue weighted by Gasteiger charge is -2.13. The van der Waals surface area contributed by atoms with Gasteiger partial charge < -0.3 is 20.1 Å². The van der Waals surface area contributed by atoms with Gasteiger partial charge in [0.25, 0.3) is 0 Å². The van der Waals surface area contributed by atoms with Gasteiger partial charge in [-0.15, -0.1) is 0 Å². The Morgan fingerprint density at radius 1 is 1.00 bits per heavy atom. The molecule has 0 aliphatic carbocycles. The number of aromatic nitrogens is 2. The van der Waals surface area contributed by atoms with Crippen molar-refractivity contribution in [1.29, 1.82) is 0 Å². The van der Waals surface area contributed by atoms with Crippen molar-refractivity contribution in [2.24, 2.45) is 0 Å². The summed E-state index contributed by atoms with van der Waals surface area (Å²) in [6.07, 6.45) is 1.70. The third-order valence-corrected chi connectivity index (χ3v) is 4.54. The molecule has 0 atom stereocenters. The second kappa shape index (κ2) is 8.80. The fourth-order valence-corrected chi connectivity index (χ4v) is 3.26. The minimum atomic E-state index is 0.515. The first-order valence-electron chi connectivity index (χ1n) is 8.81. The summed E-state index contributed by atoms with van der Waals surface area (Å²) in [7, 11) is 3.23. The number of anilines is 3. The van der Waals surface area contributed by atoms with Crippen LogP contribution in [0, 0.1) is 13.8 Å². The van der Waals surface area contributed by atoms with Crippen molar-refractivity contribution in [2.45, 2.75) is 20.4 Å². The second-order valence-electron chi connectivity index (χ2n) is 6.37. The molecule has 0 radical (unpaired) electrons. The maximum Gasteiger partial charge on any atom is 0.224 e. The number of nitrogens with one attached hydrogen (secondary N) is 2. The summed E-state index contributed by atoms with van der Waals surface area (Å²) < 4.78 is 10.6. The van der Waals surface area contributed by atoms with Crippen LogP contribution in [0.5, 0.6) is 11.5 Å². The molecule has 0 saturated carbocycles. The molecule has 0 amide bonds. The Morgan fingerprint density at radius 2 is 1.79 bits per heavy atom. The molecule has 0 saturated heterocycles. The Hall–Kier alpha value is -2.99. The molecular weight excluding hydrogens is 376 g/mol. The van der Waals surface area contributed by atoms with Gasteiger partial charge in [0, 0.05) is 12.7 Å². The van der Waals surface area contributed by atoms with Gasteiger partial charge in [0.05, 0.1) is 24.9 Å². The molecule has 0 unspecified atom stereocenters. The van der Waals surface area contributed by atoms with Gasteiger partial charge in [-0.2, -0.15) is 4.98 Å². The number of aryl methyl sites for hydroxylation is 2. The van der Waals surface area contributed by atoms with E-state index in [4.69, 9.17) is 21.1 Å². The number of hydrogen-bond donors (Lipinski definition) is 2. The topological polar surface area (TPSA) is 68.3 Å². The van der Waals surface area contributed by atoms with Gasteiger partial charge in [-0.1, -0.05) is 23.7 Å². The summed E-state index contributed by atoms with van der Waals surface area (Å²) in [5, 5.41) is 7.17. The average molecular weight is 399 g/mol. The summed E-state index contributed by atoms with van der Waals surface area (Å²) in [5.41, 5.74) is 4.05. The van der Waals surface area contributed by atoms with Crippen LogP contribution in [-0.2, 0) is 6.54 Å². The molecule has 2 aromatic carbocycles. The van der Waals surface area contributed by atoms with Crippen molar-refractivity contribution in [2.75, 3.05) is 24.9 Å². The zero-order valence-corrected chi connectivity index (χ0v) is 17.1. The minimum Gasteiger partial charge on any atom is -0.493 e. The third-order valence-electron chi connectivity index (χ3n) is 4.24. The first-order chi connectivity index (χ1) is 13.5. The van der Waals surface area contributed by atoms with E-state index in [1.165, 1.54) is 0 Å². The van der Waals surface area contributed by atoms with E-state index >= 15 is 0 Å². The van der Waals surface area contributed by atoms with E-state index in [0.717, 1.165) is 22.4 Å². The minimum absolute atomic E-state index is 0.515. The van der Waals surface area contributed by atoms with Gasteiger partial charge in [-0.3, -0.25) is 0 Å². The van der Waals surface area contributed by atoms with E-state index < -0.39 is 0 Å². The van der Waals surface area contributed by atoms with E-state index in [0.29, 0.717) is 34.8 Å². The summed E-state index contributed by atoms with van der Waals surface area (Å²) in [5.74, 6) is 2.56. The Bertz CT molecular complexity index is 955. The Kier molecular flexibility index (Phi) is 6.21. The van der Waals surface area contributed by atoms with Crippen molar-refractivity contribution in [1.82, 2.24) is 9.97 Å². The molecule has 7 heteroatoms. The quantitative estimate of drug-likeness (QED) is 0.575. The van der Waals surface area contributed by atoms with Crippen LogP contribution in [0.25, 0.3) is 0 Å². The molecular formula is C21H23ClN4O2. The molecule has 1 aromatic heterocycles. The van der Waals surface area contributed by atoms with E-state index in [9.17, 15) is 0 Å². The van der Waals surface area contributed by atoms with E-state index in [2.05, 4.69) is 26.7 Å². The molecule has 0 aliphatic heterocycles. The van der Waals surface area contributed by atoms with Crippen LogP contribution in [0.3, 0.4) is 0 Å². The maximum absolute atomic E-state index is 6.38. The van der Waals surface area contributed by atoms with Crippen molar-refractivity contribution >= 4 is 29.1 Å². The summed E-state index contributed by atoms with van der Waals surface area (Å²) in [6.45, 7) is 4.58. The number of hydrogen-bond acceptors (Lipinski definition) is 6. The normalized spacial score (nSPS) is 10.5. The number of nitrogens with zero attached hydrogens (tertiary/aromatic N) is 2. The number of halogens is 1. The Labute approximate surface area is 169 Å². The van der Waals surface area contributed by atoms with Crippen molar-refractivity contribution in [3.8, 4) is 11.5 Å². The SMILES string of the molecule is COc1ccc(CNc2nccc(Nc3c(C)cc(C)cc3Cl)n2)cc1OC. The highest BCUT2D eigenvalue weighted by atomic mass is 35.5. The summed E-state index contributed by atoms with van der Waals surface area (Å²) in [6, 6.07) is 11.6. The second-order valence-corrected chi connectivity index (χ2v) is 6.78. The van der Waals surface area contributed by atoms with E-state index in [1.807, 2.05) is 38.1 Å². The van der Waals surface area contributed by atoms with Gasteiger partial charge in [0.2, 0.25) is 5.95 Å². The number of benzene rings is 2. The molecule has 146 valence electrons. The van der Waals surface area contributed by atoms with E-state index in [-0.39, 0.29) is 0 Å². The predicted molar refractivity (Wildman–Crippen MR) is 113 cm³/mol. The monoisotopic (exact) mass is 398 g/mol. The number of rotatable bonds is 7. The van der Waals surface area contributed by atoms with Gasteiger partial charge in [-0.25, -0.2) is 4.98 Å². The Balaban J connectivity index is 1.72. The number of methoxy groups -OCH3 is 2. The van der Waals surface area contributed by atoms with Gasteiger partial charge in [0.15, 0.2) is 11.5 Å². The van der Waals surface area contributed by atoms with Crippen LogP contribution in [-0.4, -0.2) is 24.2 Å². The van der Waals surface area contributed by atoms with Crippen LogP contribution in [0.4, 0.5) is 17.5 Å². The fourth-order valence-electron chi connectivity index (χ4n) is 2.89. The molecule has 1 heterocycles. The molecule has 2 N–H and O–H groups in total. The smallest absolute Gasteiger partial charge is 0.224 e. The molecule has 3 rings (SSSR count). The summed E-state index contributed by atoms with van der Waals surface area (Å²) >= 11 is 6.38. The van der Waals surface area contributed by atoms with Crippen LogP contribution in [0.2, 0.25) is 5.02 Å². The zero-order valence-electron chi connectivity index (χ0n) is 16.3. The maximum atomic E-state index is 6.38. The lowest BCUT2D eigenvalue weighted by Crippen LogP contribution is -2.06. The van der Waals surface area contributed by atoms with Gasteiger partial charge >= 0.3 is 0 Å². The first-order valence-corrected chi connectivity index (χ1v) is 9.19. The van der Waals surface area contributed by atoms with Crippen LogP contribution in [0.1, 0.15) is 16.7 Å². The van der Waals surface area contributed by atoms with Crippen molar-refractivity contribution < 1.29 is 9.47 Å². The lowest BCUT2D eigenvalue weighted by molar-refractivity contribution is 0.354. The summed E-state index contributed by atoms with van der Waals surface area (Å²) in [4.78, 5) is 8.80. The molecule has 0 aliphatic rings. The largest absolute Gasteiger partial charge is 0.493 e.